The average Bonchev–Trinajstić information content (AvgIpc) is 2.30. The zero-order chi connectivity index (χ0) is 12.0. The van der Waals surface area contributed by atoms with E-state index in [1.54, 1.807) is 11.8 Å². The zero-order valence-electron chi connectivity index (χ0n) is 10.3. The highest BCUT2D eigenvalue weighted by atomic mass is 32.2. The highest BCUT2D eigenvalue weighted by Gasteiger charge is 2.28. The summed E-state index contributed by atoms with van der Waals surface area (Å²) in [5, 5.41) is 12.2. The maximum absolute atomic E-state index is 12.0. The number of thioether (sulfide) groups is 1. The number of carbonyl (C=O) groups is 1. The summed E-state index contributed by atoms with van der Waals surface area (Å²) >= 11 is 1.77. The van der Waals surface area contributed by atoms with Gasteiger partial charge in [-0.05, 0) is 38.4 Å². The molecule has 0 aromatic heterocycles. The first-order chi connectivity index (χ1) is 7.61. The minimum atomic E-state index is -0.246. The topological polar surface area (TPSA) is 49.3 Å². The normalized spacial score (nSPS) is 24.8. The Morgan fingerprint density at radius 2 is 2.31 bits per heavy atom. The van der Waals surface area contributed by atoms with Crippen molar-refractivity contribution < 1.29 is 9.90 Å². The van der Waals surface area contributed by atoms with E-state index in [9.17, 15) is 4.79 Å². The third-order valence-corrected chi connectivity index (χ3v) is 4.72. The van der Waals surface area contributed by atoms with Gasteiger partial charge in [0.25, 0.3) is 0 Å². The number of rotatable bonds is 5. The molecular formula is C12H23NO2S. The second-order valence-electron chi connectivity index (χ2n) is 4.73. The third-order valence-electron chi connectivity index (χ3n) is 3.34. The van der Waals surface area contributed by atoms with Gasteiger partial charge in [0.1, 0.15) is 0 Å². The van der Waals surface area contributed by atoms with Gasteiger partial charge in [-0.2, -0.15) is 0 Å². The molecule has 2 atom stereocenters. The fraction of sp³-hybridized carbons (Fsp3) is 0.917. The van der Waals surface area contributed by atoms with Crippen LogP contribution in [0.5, 0.6) is 0 Å². The molecule has 0 radical (unpaired) electrons. The van der Waals surface area contributed by atoms with Crippen molar-refractivity contribution >= 4 is 17.7 Å². The molecule has 1 aliphatic heterocycles. The van der Waals surface area contributed by atoms with Crippen molar-refractivity contribution in [2.45, 2.75) is 56.7 Å². The van der Waals surface area contributed by atoms with Crippen LogP contribution < -0.4 is 5.32 Å². The van der Waals surface area contributed by atoms with Crippen molar-refractivity contribution in [3.05, 3.63) is 0 Å². The number of hydrogen-bond acceptors (Lipinski definition) is 3. The van der Waals surface area contributed by atoms with E-state index < -0.39 is 0 Å². The Morgan fingerprint density at radius 1 is 1.56 bits per heavy atom. The van der Waals surface area contributed by atoms with Crippen LogP contribution in [-0.2, 0) is 4.79 Å². The molecule has 1 heterocycles. The van der Waals surface area contributed by atoms with Crippen LogP contribution in [0.25, 0.3) is 0 Å². The van der Waals surface area contributed by atoms with Gasteiger partial charge in [0.2, 0.25) is 5.91 Å². The van der Waals surface area contributed by atoms with E-state index in [1.807, 2.05) is 13.8 Å². The Kier molecular flexibility index (Phi) is 5.62. The molecule has 4 heteroatoms. The number of aliphatic hydroxyl groups excluding tert-OH is 1. The zero-order valence-corrected chi connectivity index (χ0v) is 11.1. The van der Waals surface area contributed by atoms with E-state index >= 15 is 0 Å². The lowest BCUT2D eigenvalue weighted by Crippen LogP contribution is -2.49. The van der Waals surface area contributed by atoms with Gasteiger partial charge < -0.3 is 10.4 Å². The van der Waals surface area contributed by atoms with E-state index in [2.05, 4.69) is 5.32 Å². The minimum Gasteiger partial charge on any atom is -0.396 e. The average molecular weight is 245 g/mol. The second kappa shape index (κ2) is 6.50. The molecule has 16 heavy (non-hydrogen) atoms. The van der Waals surface area contributed by atoms with Crippen molar-refractivity contribution in [1.29, 1.82) is 0 Å². The van der Waals surface area contributed by atoms with Gasteiger partial charge in [-0.15, -0.1) is 11.8 Å². The van der Waals surface area contributed by atoms with E-state index in [-0.39, 0.29) is 23.3 Å². The van der Waals surface area contributed by atoms with Crippen LogP contribution in [0.1, 0.15) is 46.0 Å². The van der Waals surface area contributed by atoms with Gasteiger partial charge in [0.15, 0.2) is 0 Å². The molecule has 1 aliphatic rings. The Bertz CT molecular complexity index is 229. The lowest BCUT2D eigenvalue weighted by atomic mass is 9.94. The van der Waals surface area contributed by atoms with Crippen LogP contribution in [0.15, 0.2) is 0 Å². The van der Waals surface area contributed by atoms with E-state index in [0.29, 0.717) is 6.42 Å². The largest absolute Gasteiger partial charge is 0.396 e. The van der Waals surface area contributed by atoms with Crippen molar-refractivity contribution in [2.24, 2.45) is 0 Å². The predicted octanol–water partition coefficient (Wildman–Crippen LogP) is 1.94. The first-order valence-electron chi connectivity index (χ1n) is 6.16. The summed E-state index contributed by atoms with van der Waals surface area (Å²) in [7, 11) is 0. The smallest absolute Gasteiger partial charge is 0.233 e. The molecule has 3 nitrogen and oxygen atoms in total. The van der Waals surface area contributed by atoms with Crippen LogP contribution in [0, 0.1) is 0 Å². The van der Waals surface area contributed by atoms with Crippen molar-refractivity contribution in [3.63, 3.8) is 0 Å². The summed E-state index contributed by atoms with van der Waals surface area (Å²) in [6, 6.07) is 0. The molecule has 2 N–H and O–H groups in total. The lowest BCUT2D eigenvalue weighted by Gasteiger charge is -2.31. The fourth-order valence-electron chi connectivity index (χ4n) is 1.90. The van der Waals surface area contributed by atoms with Gasteiger partial charge in [0, 0.05) is 12.1 Å². The predicted molar refractivity (Wildman–Crippen MR) is 68.6 cm³/mol. The minimum absolute atomic E-state index is 0.123. The second-order valence-corrected chi connectivity index (χ2v) is 6.04. The van der Waals surface area contributed by atoms with Gasteiger partial charge in [-0.3, -0.25) is 4.79 Å². The van der Waals surface area contributed by atoms with Crippen LogP contribution in [0.2, 0.25) is 0 Å². The first kappa shape index (κ1) is 13.8. The van der Waals surface area contributed by atoms with Crippen LogP contribution in [-0.4, -0.2) is 34.2 Å². The number of aliphatic hydroxyl groups is 1. The standard InChI is InChI=1S/C12H23NO2S/c1-3-12(2,7-8-14)13-11(15)10-6-4-5-9-16-10/h10,14H,3-9H2,1-2H3,(H,13,15). The third kappa shape index (κ3) is 3.98. The fourth-order valence-corrected chi connectivity index (χ4v) is 3.10. The molecule has 2 unspecified atom stereocenters. The molecule has 1 amide bonds. The van der Waals surface area contributed by atoms with E-state index in [4.69, 9.17) is 5.11 Å². The first-order valence-corrected chi connectivity index (χ1v) is 7.20. The molecular weight excluding hydrogens is 222 g/mol. The van der Waals surface area contributed by atoms with Crippen LogP contribution in [0.4, 0.5) is 0 Å². The molecule has 0 saturated carbocycles. The SMILES string of the molecule is CCC(C)(CCO)NC(=O)C1CCCCS1. The summed E-state index contributed by atoms with van der Waals surface area (Å²) in [4.78, 5) is 12.0. The highest BCUT2D eigenvalue weighted by molar-refractivity contribution is 8.00. The molecule has 0 bridgehead atoms. The summed E-state index contributed by atoms with van der Waals surface area (Å²) in [6.07, 6.45) is 4.88. The van der Waals surface area contributed by atoms with Crippen molar-refractivity contribution in [3.8, 4) is 0 Å². The maximum Gasteiger partial charge on any atom is 0.233 e. The Balaban J connectivity index is 2.47. The van der Waals surface area contributed by atoms with Gasteiger partial charge in [-0.25, -0.2) is 0 Å². The number of nitrogens with one attached hydrogen (secondary N) is 1. The van der Waals surface area contributed by atoms with Crippen molar-refractivity contribution in [1.82, 2.24) is 5.32 Å². The summed E-state index contributed by atoms with van der Waals surface area (Å²) in [5.74, 6) is 1.25. The van der Waals surface area contributed by atoms with Crippen LogP contribution >= 0.6 is 11.8 Å². The van der Waals surface area contributed by atoms with Gasteiger partial charge in [-0.1, -0.05) is 13.3 Å². The Morgan fingerprint density at radius 3 is 2.81 bits per heavy atom. The monoisotopic (exact) mass is 245 g/mol. The van der Waals surface area contributed by atoms with E-state index in [1.165, 1.54) is 6.42 Å². The van der Waals surface area contributed by atoms with Gasteiger partial charge in [0.05, 0.1) is 5.25 Å². The molecule has 0 aromatic carbocycles. The van der Waals surface area contributed by atoms with Crippen LogP contribution in [0.3, 0.4) is 0 Å². The molecule has 1 fully saturated rings. The lowest BCUT2D eigenvalue weighted by molar-refractivity contribution is -0.122. The Hall–Kier alpha value is -0.220. The molecule has 0 spiro atoms. The summed E-state index contributed by atoms with van der Waals surface area (Å²) in [6.45, 7) is 4.18. The summed E-state index contributed by atoms with van der Waals surface area (Å²) < 4.78 is 0. The van der Waals surface area contributed by atoms with Crippen molar-refractivity contribution in [2.75, 3.05) is 12.4 Å². The molecule has 0 aromatic rings. The molecule has 0 aliphatic carbocycles. The number of carbonyl (C=O) groups excluding carboxylic acids is 1. The highest BCUT2D eigenvalue weighted by Crippen LogP contribution is 2.26. The summed E-state index contributed by atoms with van der Waals surface area (Å²) in [5.41, 5.74) is -0.246. The maximum atomic E-state index is 12.0. The molecule has 1 rings (SSSR count). The number of hydrogen-bond donors (Lipinski definition) is 2. The van der Waals surface area contributed by atoms with Gasteiger partial charge >= 0.3 is 0 Å². The number of amides is 1. The van der Waals surface area contributed by atoms with E-state index in [0.717, 1.165) is 25.0 Å². The Labute approximate surface area is 102 Å². The quantitative estimate of drug-likeness (QED) is 0.778. The molecule has 1 saturated heterocycles. The molecule has 94 valence electrons.